The molecule has 0 unspecified atom stereocenters. The first-order chi connectivity index (χ1) is 11.2. The first kappa shape index (κ1) is 24.1. The lowest BCUT2D eigenvalue weighted by Crippen LogP contribution is -2.40. The molecule has 2 atom stereocenters. The zero-order chi connectivity index (χ0) is 19.1. The number of rotatable bonds is 8. The number of nitrogens with one attached hydrogen (secondary N) is 2. The van der Waals surface area contributed by atoms with Crippen molar-refractivity contribution in [2.75, 3.05) is 26.4 Å². The van der Waals surface area contributed by atoms with Crippen molar-refractivity contribution in [1.29, 1.82) is 0 Å². The predicted molar refractivity (Wildman–Crippen MR) is 82.6 cm³/mol. The van der Waals surface area contributed by atoms with Crippen molar-refractivity contribution in [1.82, 2.24) is 10.6 Å². The van der Waals surface area contributed by atoms with Crippen LogP contribution in [0.5, 0.6) is 0 Å². The van der Waals surface area contributed by atoms with Gasteiger partial charge in [0.1, 0.15) is 25.3 Å². The Hall–Kier alpha value is -2.20. The number of hydrogen-bond donors (Lipinski definition) is 4. The van der Waals surface area contributed by atoms with Crippen LogP contribution in [0.15, 0.2) is 0 Å². The van der Waals surface area contributed by atoms with Gasteiger partial charge in [-0.15, -0.1) is 0 Å². The van der Waals surface area contributed by atoms with Crippen LogP contribution in [0.2, 0.25) is 0 Å². The SMILES string of the molecule is CCOC(=O)[C@H](C)NC(=O)CO.CCOC(=O)[C@H](C)NC(=O)CO. The Balaban J connectivity index is 0. The highest BCUT2D eigenvalue weighted by Crippen LogP contribution is 1.87. The zero-order valence-corrected chi connectivity index (χ0v) is 14.3. The van der Waals surface area contributed by atoms with Crippen molar-refractivity contribution >= 4 is 23.8 Å². The molecule has 0 aromatic heterocycles. The third-order valence-corrected chi connectivity index (χ3v) is 2.32. The number of carbonyl (C=O) groups excluding carboxylic acids is 4. The Morgan fingerprint density at radius 1 is 0.792 bits per heavy atom. The molecule has 0 saturated heterocycles. The van der Waals surface area contributed by atoms with Crippen molar-refractivity contribution in [3.8, 4) is 0 Å². The van der Waals surface area contributed by atoms with Crippen LogP contribution in [-0.4, -0.2) is 72.5 Å². The summed E-state index contributed by atoms with van der Waals surface area (Å²) < 4.78 is 9.23. The summed E-state index contributed by atoms with van der Waals surface area (Å²) >= 11 is 0. The Bertz CT molecular complexity index is 376. The smallest absolute Gasteiger partial charge is 0.328 e. The van der Waals surface area contributed by atoms with E-state index in [2.05, 4.69) is 20.1 Å². The molecule has 0 aromatic carbocycles. The van der Waals surface area contributed by atoms with Crippen LogP contribution in [-0.2, 0) is 28.7 Å². The molecule has 24 heavy (non-hydrogen) atoms. The third kappa shape index (κ3) is 12.4. The number of amides is 2. The van der Waals surface area contributed by atoms with Gasteiger partial charge in [0, 0.05) is 0 Å². The lowest BCUT2D eigenvalue weighted by Gasteiger charge is -2.10. The lowest BCUT2D eigenvalue weighted by atomic mass is 10.3. The molecule has 0 fully saturated rings. The van der Waals surface area contributed by atoms with Gasteiger partial charge in [0.25, 0.3) is 0 Å². The van der Waals surface area contributed by atoms with Crippen LogP contribution in [0.4, 0.5) is 0 Å². The van der Waals surface area contributed by atoms with Crippen LogP contribution in [0.25, 0.3) is 0 Å². The summed E-state index contributed by atoms with van der Waals surface area (Å²) in [5.74, 6) is -2.18. The second-order valence-electron chi connectivity index (χ2n) is 4.40. The molecular formula is C14H26N2O8. The van der Waals surface area contributed by atoms with Crippen molar-refractivity contribution in [3.05, 3.63) is 0 Å². The molecule has 2 amide bonds. The fourth-order valence-electron chi connectivity index (χ4n) is 1.23. The number of ether oxygens (including phenoxy) is 2. The van der Waals surface area contributed by atoms with E-state index < -0.39 is 49.1 Å². The first-order valence-corrected chi connectivity index (χ1v) is 7.37. The second-order valence-corrected chi connectivity index (χ2v) is 4.40. The summed E-state index contributed by atoms with van der Waals surface area (Å²) in [6.07, 6.45) is 0. The number of esters is 2. The highest BCUT2D eigenvalue weighted by atomic mass is 16.5. The van der Waals surface area contributed by atoms with Crippen molar-refractivity contribution in [2.45, 2.75) is 39.8 Å². The van der Waals surface area contributed by atoms with E-state index in [0.717, 1.165) is 0 Å². The average molecular weight is 350 g/mol. The maximum Gasteiger partial charge on any atom is 0.328 e. The summed E-state index contributed by atoms with van der Waals surface area (Å²) in [5, 5.41) is 21.2. The second kappa shape index (κ2) is 14.4. The van der Waals surface area contributed by atoms with Gasteiger partial charge in [-0.3, -0.25) is 9.59 Å². The Labute approximate surface area is 140 Å². The fraction of sp³-hybridized carbons (Fsp3) is 0.714. The summed E-state index contributed by atoms with van der Waals surface area (Å²) in [7, 11) is 0. The minimum Gasteiger partial charge on any atom is -0.464 e. The monoisotopic (exact) mass is 350 g/mol. The Morgan fingerprint density at radius 3 is 1.29 bits per heavy atom. The Kier molecular flexibility index (Phi) is 14.4. The molecule has 0 rings (SSSR count). The molecule has 0 radical (unpaired) electrons. The molecule has 0 bridgehead atoms. The van der Waals surface area contributed by atoms with Crippen LogP contribution in [0.3, 0.4) is 0 Å². The van der Waals surface area contributed by atoms with E-state index in [4.69, 9.17) is 10.2 Å². The van der Waals surface area contributed by atoms with Gasteiger partial charge in [0.05, 0.1) is 13.2 Å². The van der Waals surface area contributed by atoms with E-state index >= 15 is 0 Å². The summed E-state index contributed by atoms with van der Waals surface area (Å²) in [6.45, 7) is 5.65. The minimum absolute atomic E-state index is 0.276. The number of hydrogen-bond acceptors (Lipinski definition) is 8. The lowest BCUT2D eigenvalue weighted by molar-refractivity contribution is -0.147. The molecule has 0 aromatic rings. The van der Waals surface area contributed by atoms with E-state index in [1.807, 2.05) is 0 Å². The van der Waals surface area contributed by atoms with Crippen LogP contribution >= 0.6 is 0 Å². The molecule has 10 heteroatoms. The van der Waals surface area contributed by atoms with Crippen molar-refractivity contribution < 1.29 is 38.9 Å². The van der Waals surface area contributed by atoms with Crippen molar-refractivity contribution in [3.63, 3.8) is 0 Å². The summed E-state index contributed by atoms with van der Waals surface area (Å²) in [5.41, 5.74) is 0. The van der Waals surface area contributed by atoms with E-state index in [1.165, 1.54) is 13.8 Å². The van der Waals surface area contributed by atoms with Gasteiger partial charge in [-0.25, -0.2) is 9.59 Å². The molecule has 0 aliphatic heterocycles. The average Bonchev–Trinajstić information content (AvgIpc) is 2.55. The van der Waals surface area contributed by atoms with E-state index in [1.54, 1.807) is 13.8 Å². The summed E-state index contributed by atoms with van der Waals surface area (Å²) in [6, 6.07) is -1.41. The molecule has 4 N–H and O–H groups in total. The maximum absolute atomic E-state index is 10.9. The minimum atomic E-state index is -0.704. The van der Waals surface area contributed by atoms with Gasteiger partial charge in [-0.05, 0) is 27.7 Å². The molecule has 140 valence electrons. The van der Waals surface area contributed by atoms with Gasteiger partial charge < -0.3 is 30.3 Å². The predicted octanol–water partition coefficient (Wildman–Crippen LogP) is -1.91. The van der Waals surface area contributed by atoms with E-state index in [-0.39, 0.29) is 13.2 Å². The topological polar surface area (TPSA) is 151 Å². The molecule has 10 nitrogen and oxygen atoms in total. The number of carbonyl (C=O) groups is 4. The maximum atomic E-state index is 10.9. The third-order valence-electron chi connectivity index (χ3n) is 2.32. The molecular weight excluding hydrogens is 324 g/mol. The number of aliphatic hydroxyl groups is 2. The van der Waals surface area contributed by atoms with Gasteiger partial charge >= 0.3 is 11.9 Å². The fourth-order valence-corrected chi connectivity index (χ4v) is 1.23. The van der Waals surface area contributed by atoms with Crippen LogP contribution in [0.1, 0.15) is 27.7 Å². The Morgan fingerprint density at radius 2 is 1.08 bits per heavy atom. The van der Waals surface area contributed by atoms with Gasteiger partial charge in [0.15, 0.2) is 0 Å². The largest absolute Gasteiger partial charge is 0.464 e. The number of aliphatic hydroxyl groups excluding tert-OH is 2. The summed E-state index contributed by atoms with van der Waals surface area (Å²) in [4.78, 5) is 42.9. The highest BCUT2D eigenvalue weighted by molar-refractivity contribution is 5.85. The quantitative estimate of drug-likeness (QED) is 0.370. The van der Waals surface area contributed by atoms with E-state index in [0.29, 0.717) is 0 Å². The molecule has 0 saturated carbocycles. The van der Waals surface area contributed by atoms with Crippen LogP contribution < -0.4 is 10.6 Å². The van der Waals surface area contributed by atoms with Gasteiger partial charge in [0.2, 0.25) is 11.8 Å². The van der Waals surface area contributed by atoms with E-state index in [9.17, 15) is 19.2 Å². The van der Waals surface area contributed by atoms with Crippen LogP contribution in [0, 0.1) is 0 Å². The molecule has 0 aliphatic carbocycles. The normalized spacial score (nSPS) is 11.9. The first-order valence-electron chi connectivity index (χ1n) is 7.37. The standard InChI is InChI=1S/2C7H13NO4/c2*1-3-12-7(11)5(2)8-6(10)4-9/h2*5,9H,3-4H2,1-2H3,(H,8,10)/t2*5-/m00/s1. The van der Waals surface area contributed by atoms with Gasteiger partial charge in [-0.1, -0.05) is 0 Å². The van der Waals surface area contributed by atoms with Crippen molar-refractivity contribution in [2.24, 2.45) is 0 Å². The molecule has 0 aliphatic rings. The highest BCUT2D eigenvalue weighted by Gasteiger charge is 2.16. The molecule has 0 heterocycles. The molecule has 0 spiro atoms. The van der Waals surface area contributed by atoms with Gasteiger partial charge in [-0.2, -0.15) is 0 Å². The zero-order valence-electron chi connectivity index (χ0n) is 14.3.